The van der Waals surface area contributed by atoms with E-state index in [0.717, 1.165) is 103 Å². The Kier molecular flexibility index (Phi) is 40.8. The standard InChI is InChI=1S/C57H103NO14/c1-11-15-19-23-30-42(5)52(62)54(64)47(71-56(66)44(7)32-25-21-17-13-3)40-68-49(59)36-27-34-46(70-51(61)38-29-39-58(9)10)35-28-37-50(60)69-41-48(72-57(67)45(8)33-26-22-18-14-4)55(65)53(63)43(6)31-24-20-16-12-2/h42-48,54-55,64-65H,11-41H2,1-10H3. The van der Waals surface area contributed by atoms with Crippen LogP contribution in [0.15, 0.2) is 0 Å². The number of rotatable bonds is 47. The second-order valence-electron chi connectivity index (χ2n) is 20.8. The summed E-state index contributed by atoms with van der Waals surface area (Å²) < 4.78 is 28.2. The maximum atomic E-state index is 13.3. The molecule has 0 aliphatic rings. The molecule has 0 spiro atoms. The van der Waals surface area contributed by atoms with Gasteiger partial charge in [0.25, 0.3) is 0 Å². The molecule has 0 saturated heterocycles. The molecule has 0 aromatic rings. The molecule has 2 N–H and O–H groups in total. The first-order chi connectivity index (χ1) is 34.3. The third-order valence-electron chi connectivity index (χ3n) is 13.5. The van der Waals surface area contributed by atoms with Crippen LogP contribution in [0.3, 0.4) is 0 Å². The molecule has 8 atom stereocenters. The Balaban J connectivity index is 5.82. The minimum atomic E-state index is -1.67. The highest BCUT2D eigenvalue weighted by atomic mass is 16.6. The van der Waals surface area contributed by atoms with E-state index in [9.17, 15) is 43.8 Å². The molecule has 0 saturated carbocycles. The fourth-order valence-electron chi connectivity index (χ4n) is 8.38. The molecule has 15 nitrogen and oxygen atoms in total. The molecule has 0 rings (SSSR count). The number of carbonyl (C=O) groups excluding carboxylic acids is 7. The number of aliphatic hydroxyl groups is 2. The van der Waals surface area contributed by atoms with Gasteiger partial charge in [0.05, 0.1) is 11.8 Å². The van der Waals surface area contributed by atoms with Gasteiger partial charge in [-0.15, -0.1) is 0 Å². The molecule has 0 heterocycles. The predicted molar refractivity (Wildman–Crippen MR) is 281 cm³/mol. The quantitative estimate of drug-likeness (QED) is 0.0330. The molecule has 0 aliphatic heterocycles. The minimum absolute atomic E-state index is 0.0983. The molecule has 0 radical (unpaired) electrons. The molecule has 0 aliphatic carbocycles. The number of hydrogen-bond acceptors (Lipinski definition) is 15. The normalized spacial score (nSPS) is 15.3. The highest BCUT2D eigenvalue weighted by Gasteiger charge is 2.36. The summed E-state index contributed by atoms with van der Waals surface area (Å²) in [5.41, 5.74) is 0. The van der Waals surface area contributed by atoms with Gasteiger partial charge in [0.15, 0.2) is 36.0 Å². The summed E-state index contributed by atoms with van der Waals surface area (Å²) in [6, 6.07) is 0. The van der Waals surface area contributed by atoms with E-state index in [1.54, 1.807) is 27.7 Å². The average molecular weight is 1030 g/mol. The van der Waals surface area contributed by atoms with Crippen LogP contribution in [-0.2, 0) is 57.2 Å². The number of carbonyl (C=O) groups is 7. The van der Waals surface area contributed by atoms with Crippen molar-refractivity contribution in [3.63, 3.8) is 0 Å². The minimum Gasteiger partial charge on any atom is -0.462 e. The second-order valence-corrected chi connectivity index (χ2v) is 20.8. The van der Waals surface area contributed by atoms with Crippen LogP contribution in [0, 0.1) is 23.7 Å². The monoisotopic (exact) mass is 1030 g/mol. The number of nitrogens with zero attached hydrogens (tertiary/aromatic N) is 1. The number of Topliss-reactive ketones (excluding diaryl/α,β-unsaturated/α-hetero) is 2. The smallest absolute Gasteiger partial charge is 0.309 e. The van der Waals surface area contributed by atoms with E-state index >= 15 is 0 Å². The lowest BCUT2D eigenvalue weighted by Crippen LogP contribution is -2.44. The second kappa shape index (κ2) is 42.9. The van der Waals surface area contributed by atoms with Gasteiger partial charge in [0, 0.05) is 31.1 Å². The fourth-order valence-corrected chi connectivity index (χ4v) is 8.38. The molecule has 420 valence electrons. The van der Waals surface area contributed by atoms with E-state index in [-0.39, 0.29) is 44.9 Å². The van der Waals surface area contributed by atoms with Crippen LogP contribution >= 0.6 is 0 Å². The van der Waals surface area contributed by atoms with E-state index < -0.39 is 109 Å². The number of hydrogen-bond donors (Lipinski definition) is 2. The fraction of sp³-hybridized carbons (Fsp3) is 0.877. The Bertz CT molecular complexity index is 1390. The first-order valence-corrected chi connectivity index (χ1v) is 28.3. The Morgan fingerprint density at radius 2 is 0.736 bits per heavy atom. The summed E-state index contributed by atoms with van der Waals surface area (Å²) in [7, 11) is 3.81. The van der Waals surface area contributed by atoms with Gasteiger partial charge in [0.1, 0.15) is 19.3 Å². The largest absolute Gasteiger partial charge is 0.462 e. The van der Waals surface area contributed by atoms with Crippen molar-refractivity contribution in [3.8, 4) is 0 Å². The first-order valence-electron chi connectivity index (χ1n) is 28.3. The van der Waals surface area contributed by atoms with Crippen molar-refractivity contribution in [2.45, 2.75) is 266 Å². The third kappa shape index (κ3) is 33.4. The van der Waals surface area contributed by atoms with Gasteiger partial charge in [0.2, 0.25) is 0 Å². The molecule has 0 amide bonds. The lowest BCUT2D eigenvalue weighted by atomic mass is 9.93. The lowest BCUT2D eigenvalue weighted by Gasteiger charge is -2.26. The molecule has 0 bridgehead atoms. The van der Waals surface area contributed by atoms with Crippen LogP contribution in [0.4, 0.5) is 0 Å². The summed E-state index contributed by atoms with van der Waals surface area (Å²) in [6.45, 7) is 15.1. The summed E-state index contributed by atoms with van der Waals surface area (Å²) >= 11 is 0. The van der Waals surface area contributed by atoms with Crippen LogP contribution < -0.4 is 0 Å². The Labute approximate surface area is 435 Å². The zero-order valence-electron chi connectivity index (χ0n) is 46.9. The van der Waals surface area contributed by atoms with Crippen LogP contribution in [0.5, 0.6) is 0 Å². The summed E-state index contributed by atoms with van der Waals surface area (Å²) in [5.74, 6) is -5.70. The number of aliphatic hydroxyl groups excluding tert-OH is 2. The third-order valence-corrected chi connectivity index (χ3v) is 13.5. The first kappa shape index (κ1) is 68.6. The van der Waals surface area contributed by atoms with Gasteiger partial charge in [-0.1, -0.05) is 158 Å². The summed E-state index contributed by atoms with van der Waals surface area (Å²) in [4.78, 5) is 94.2. The van der Waals surface area contributed by atoms with Crippen LogP contribution in [0.1, 0.15) is 235 Å². The van der Waals surface area contributed by atoms with Crippen LogP contribution in [0.25, 0.3) is 0 Å². The van der Waals surface area contributed by atoms with Crippen molar-refractivity contribution in [1.29, 1.82) is 0 Å². The Hall–Kier alpha value is -3.43. The number of esters is 5. The zero-order valence-corrected chi connectivity index (χ0v) is 46.9. The van der Waals surface area contributed by atoms with E-state index in [1.807, 2.05) is 19.0 Å². The highest BCUT2D eigenvalue weighted by Crippen LogP contribution is 2.22. The molecular formula is C57H103NO14. The van der Waals surface area contributed by atoms with Crippen molar-refractivity contribution in [2.75, 3.05) is 33.9 Å². The zero-order chi connectivity index (χ0) is 54.3. The van der Waals surface area contributed by atoms with Gasteiger partial charge in [-0.3, -0.25) is 33.6 Å². The van der Waals surface area contributed by atoms with Gasteiger partial charge in [-0.05, 0) is 78.4 Å². The van der Waals surface area contributed by atoms with Gasteiger partial charge < -0.3 is 38.8 Å². The Morgan fingerprint density at radius 3 is 1.07 bits per heavy atom. The molecular weight excluding hydrogens is 923 g/mol. The maximum absolute atomic E-state index is 13.3. The maximum Gasteiger partial charge on any atom is 0.309 e. The van der Waals surface area contributed by atoms with Gasteiger partial charge >= 0.3 is 29.8 Å². The highest BCUT2D eigenvalue weighted by molar-refractivity contribution is 5.86. The number of ketones is 2. The van der Waals surface area contributed by atoms with Crippen LogP contribution in [-0.4, -0.2) is 121 Å². The van der Waals surface area contributed by atoms with Crippen LogP contribution in [0.2, 0.25) is 0 Å². The van der Waals surface area contributed by atoms with Crippen molar-refractivity contribution in [3.05, 3.63) is 0 Å². The molecule has 0 aromatic heterocycles. The van der Waals surface area contributed by atoms with Crippen molar-refractivity contribution < 1.29 is 67.5 Å². The van der Waals surface area contributed by atoms with Gasteiger partial charge in [-0.2, -0.15) is 0 Å². The van der Waals surface area contributed by atoms with Crippen molar-refractivity contribution in [1.82, 2.24) is 4.90 Å². The van der Waals surface area contributed by atoms with E-state index in [0.29, 0.717) is 38.6 Å². The molecule has 0 fully saturated rings. The van der Waals surface area contributed by atoms with E-state index in [1.165, 1.54) is 0 Å². The van der Waals surface area contributed by atoms with Gasteiger partial charge in [-0.25, -0.2) is 0 Å². The van der Waals surface area contributed by atoms with Crippen molar-refractivity contribution in [2.24, 2.45) is 23.7 Å². The number of ether oxygens (including phenoxy) is 5. The lowest BCUT2D eigenvalue weighted by molar-refractivity contribution is -0.172. The Morgan fingerprint density at radius 1 is 0.403 bits per heavy atom. The predicted octanol–water partition coefficient (Wildman–Crippen LogP) is 10.8. The topological polar surface area (TPSA) is 209 Å². The van der Waals surface area contributed by atoms with E-state index in [4.69, 9.17) is 23.7 Å². The molecule has 8 unspecified atom stereocenters. The average Bonchev–Trinajstić information content (AvgIpc) is 3.35. The molecule has 15 heteroatoms. The van der Waals surface area contributed by atoms with Crippen molar-refractivity contribution >= 4 is 41.4 Å². The SMILES string of the molecule is CCCCCCC(C)C(=O)OC(COC(=O)CCCC(CCCC(=O)OCC(OC(=O)C(C)CCCCCC)C(O)C(=O)C(C)CCCCCC)OC(=O)CCCN(C)C)C(O)C(=O)C(C)CCCCCC. The molecule has 0 aromatic carbocycles. The van der Waals surface area contributed by atoms with E-state index in [2.05, 4.69) is 27.7 Å². The summed E-state index contributed by atoms with van der Waals surface area (Å²) in [5, 5.41) is 22.4. The molecule has 72 heavy (non-hydrogen) atoms. The summed E-state index contributed by atoms with van der Waals surface area (Å²) in [6.07, 6.45) is 12.7. The number of unbranched alkanes of at least 4 members (excludes halogenated alkanes) is 12.